The van der Waals surface area contributed by atoms with Crippen molar-refractivity contribution in [3.63, 3.8) is 0 Å². The quantitative estimate of drug-likeness (QED) is 0.153. The van der Waals surface area contributed by atoms with E-state index < -0.39 is 12.1 Å². The second-order valence-corrected chi connectivity index (χ2v) is 21.6. The lowest BCUT2D eigenvalue weighted by Gasteiger charge is -2.38. The minimum absolute atomic E-state index is 0.0680. The zero-order valence-corrected chi connectivity index (χ0v) is 42.7. The third-order valence-corrected chi connectivity index (χ3v) is 16.2. The van der Waals surface area contributed by atoms with E-state index in [4.69, 9.17) is 23.2 Å². The van der Waals surface area contributed by atoms with Crippen LogP contribution in [0.4, 0.5) is 0 Å². The number of halogens is 2. The Balaban J connectivity index is 1.38. The normalized spacial score (nSPS) is 13.7. The van der Waals surface area contributed by atoms with Crippen LogP contribution in [0, 0.1) is 0 Å². The van der Waals surface area contributed by atoms with Crippen LogP contribution in [-0.2, 0) is 5.41 Å². The van der Waals surface area contributed by atoms with Crippen LogP contribution in [0.5, 0.6) is 0 Å². The van der Waals surface area contributed by atoms with Gasteiger partial charge in [0.05, 0.1) is 40.3 Å². The minimum atomic E-state index is -1.12. The van der Waals surface area contributed by atoms with Gasteiger partial charge in [-0.2, -0.15) is 0 Å². The van der Waals surface area contributed by atoms with Crippen LogP contribution in [0.1, 0.15) is 34.6 Å². The van der Waals surface area contributed by atoms with E-state index in [1.165, 1.54) is 0 Å². The van der Waals surface area contributed by atoms with Crippen molar-refractivity contribution in [3.8, 4) is 33.6 Å². The van der Waals surface area contributed by atoms with E-state index in [9.17, 15) is 8.22 Å². The Bertz CT molecular complexity index is 4830. The fourth-order valence-corrected chi connectivity index (χ4v) is 12.9. The van der Waals surface area contributed by atoms with Crippen molar-refractivity contribution in [2.75, 3.05) is 0 Å². The van der Waals surface area contributed by atoms with E-state index in [1.807, 2.05) is 97.1 Å². The van der Waals surface area contributed by atoms with Gasteiger partial charge in [0, 0.05) is 44.0 Å². The molecule has 0 aliphatic carbocycles. The van der Waals surface area contributed by atoms with E-state index in [2.05, 4.69) is 127 Å². The highest BCUT2D eigenvalue weighted by Gasteiger charge is 2.41. The first-order chi connectivity index (χ1) is 39.3. The van der Waals surface area contributed by atoms with E-state index in [1.54, 1.807) is 0 Å². The first-order valence-corrected chi connectivity index (χ1v) is 26.2. The predicted molar refractivity (Wildman–Crippen MR) is 325 cm³/mol. The number of nitrogens with zero attached hydrogens (tertiary/aromatic N) is 2. The zero-order valence-electron chi connectivity index (χ0n) is 47.2. The molecule has 0 spiro atoms. The molecule has 0 saturated carbocycles. The van der Waals surface area contributed by atoms with Crippen molar-refractivity contribution in [3.05, 3.63) is 246 Å². The molecule has 13 aromatic rings. The fraction of sp³-hybridized carbons (Fsp3) is 0.0571. The second kappa shape index (κ2) is 16.6. The molecule has 75 heavy (non-hydrogen) atoms. The summed E-state index contributed by atoms with van der Waals surface area (Å²) in [7, 11) is 0. The van der Waals surface area contributed by atoms with Gasteiger partial charge in [-0.15, -0.1) is 0 Å². The topological polar surface area (TPSA) is 9.86 Å². The average molecular weight is 1000 g/mol. The van der Waals surface area contributed by atoms with Crippen LogP contribution in [0.15, 0.2) is 230 Å². The maximum Gasteiger partial charge on any atom is 0.252 e. The molecule has 2 aliphatic rings. The molecule has 354 valence electrons. The van der Waals surface area contributed by atoms with E-state index in [0.29, 0.717) is 55.1 Å². The molecule has 0 atom stereocenters. The van der Waals surface area contributed by atoms with Crippen molar-refractivity contribution in [1.29, 1.82) is 0 Å². The van der Waals surface area contributed by atoms with Crippen LogP contribution >= 0.6 is 23.2 Å². The number of aromatic nitrogens is 2. The van der Waals surface area contributed by atoms with Gasteiger partial charge in [-0.3, -0.25) is 0 Å². The van der Waals surface area contributed by atoms with Gasteiger partial charge in [0.15, 0.2) is 0 Å². The highest BCUT2D eigenvalue weighted by molar-refractivity contribution is 7.00. The van der Waals surface area contributed by atoms with Gasteiger partial charge in [0.2, 0.25) is 0 Å². The monoisotopic (exact) mass is 1000 g/mol. The van der Waals surface area contributed by atoms with Crippen LogP contribution in [0.25, 0.3) is 120 Å². The summed E-state index contributed by atoms with van der Waals surface area (Å²) in [4.78, 5) is 0. The number of para-hydroxylation sites is 2. The standard InChI is InChI=1S/C70H47BCl2N2/c1-70(2,3)44-40-61-65-62(41-44)75-67-46(43-22-8-5-9-23-43)33-19-35-56(67)52-29-13-11-25-48(52)50-27-15-17-31-54(50)64-60(73)39-37-58(69(64)75)71(65)57-36-38-59(72)63-53-30-16-14-26-49(53)47-24-10-12-28-51(47)55-34-18-32-45(42-20-6-4-7-21-42)66(55)74(61)68(57)63/h4-41H,1-3H3/i36D,37D,38D,39D,40D,41D. The molecule has 0 fully saturated rings. The highest BCUT2D eigenvalue weighted by Crippen LogP contribution is 2.45. The van der Waals surface area contributed by atoms with Crippen LogP contribution in [0.2, 0.25) is 10.0 Å². The third kappa shape index (κ3) is 6.42. The molecule has 0 N–H and O–H groups in total. The molecule has 4 heterocycles. The smallest absolute Gasteiger partial charge is 0.252 e. The summed E-state index contributed by atoms with van der Waals surface area (Å²) in [5.74, 6) is 0. The first kappa shape index (κ1) is 38.3. The first-order valence-electron chi connectivity index (χ1n) is 28.5. The summed E-state index contributed by atoms with van der Waals surface area (Å²) in [6, 6.07) is 65.3. The lowest BCUT2D eigenvalue weighted by Crippen LogP contribution is -2.60. The van der Waals surface area contributed by atoms with Gasteiger partial charge in [0.25, 0.3) is 6.71 Å². The lowest BCUT2D eigenvalue weighted by molar-refractivity contribution is 0.589. The number of rotatable bonds is 2. The Kier molecular flexibility index (Phi) is 8.46. The maximum absolute atomic E-state index is 11.1. The summed E-state index contributed by atoms with van der Waals surface area (Å²) in [6.07, 6.45) is 0. The Hall–Kier alpha value is -8.34. The predicted octanol–water partition coefficient (Wildman–Crippen LogP) is 17.8. The molecule has 0 unspecified atom stereocenters. The minimum Gasteiger partial charge on any atom is -0.309 e. The number of hydrogen-bond donors (Lipinski definition) is 0. The van der Waals surface area contributed by atoms with Crippen LogP contribution < -0.4 is 16.4 Å². The van der Waals surface area contributed by atoms with E-state index >= 15 is 0 Å². The number of hydrogen-bond acceptors (Lipinski definition) is 0. The molecule has 0 bridgehead atoms. The highest BCUT2D eigenvalue weighted by atomic mass is 35.5. The Labute approximate surface area is 453 Å². The van der Waals surface area contributed by atoms with Crippen LogP contribution in [-0.4, -0.2) is 15.8 Å². The summed E-state index contributed by atoms with van der Waals surface area (Å²) in [6.45, 7) is 5.04. The summed E-state index contributed by atoms with van der Waals surface area (Å²) < 4.78 is 68.1. The van der Waals surface area contributed by atoms with Gasteiger partial charge >= 0.3 is 0 Å². The summed E-state index contributed by atoms with van der Waals surface area (Å²) in [5.41, 5.74) is 7.73. The van der Waals surface area contributed by atoms with E-state index in [0.717, 1.165) is 87.1 Å². The summed E-state index contributed by atoms with van der Waals surface area (Å²) in [5, 5.41) is 9.71. The molecule has 0 radical (unpaired) electrons. The fourth-order valence-electron chi connectivity index (χ4n) is 12.4. The Morgan fingerprint density at radius 1 is 0.373 bits per heavy atom. The second-order valence-electron chi connectivity index (χ2n) is 20.8. The third-order valence-electron chi connectivity index (χ3n) is 15.6. The Morgan fingerprint density at radius 3 is 1.09 bits per heavy atom. The largest absolute Gasteiger partial charge is 0.309 e. The van der Waals surface area contributed by atoms with Gasteiger partial charge in [-0.05, 0) is 106 Å². The summed E-state index contributed by atoms with van der Waals surface area (Å²) >= 11 is 15.7. The lowest BCUT2D eigenvalue weighted by atomic mass is 9.34. The van der Waals surface area contributed by atoms with Crippen molar-refractivity contribution in [1.82, 2.24) is 9.13 Å². The van der Waals surface area contributed by atoms with Crippen molar-refractivity contribution < 1.29 is 8.22 Å². The Morgan fingerprint density at radius 2 is 0.707 bits per heavy atom. The molecule has 15 rings (SSSR count). The van der Waals surface area contributed by atoms with Crippen LogP contribution in [0.3, 0.4) is 0 Å². The molecule has 0 amide bonds. The van der Waals surface area contributed by atoms with E-state index in [-0.39, 0.29) is 46.3 Å². The molecule has 2 aromatic heterocycles. The molecule has 2 aliphatic heterocycles. The van der Waals surface area contributed by atoms with Gasteiger partial charge in [0.1, 0.15) is 0 Å². The van der Waals surface area contributed by atoms with Crippen molar-refractivity contribution in [2.24, 2.45) is 0 Å². The SMILES string of the molecule is [2H]c1c2c3c(c([2H])c1C(C)(C)C)-n1c4c(-c5ccccc5)cccc4c4ccccc4c4ccccc4c4c(Cl)c([2H])c([2H])c(c41)B3c1c([2H])c([2H])c(Cl)c3c4ccccc4c4ccccc4c4cccc(-c5ccccc5)c4n-2c13. The molecule has 11 aromatic carbocycles. The molecular formula is C70H47BCl2N2. The maximum atomic E-state index is 11.1. The molecular weight excluding hydrogens is 951 g/mol. The van der Waals surface area contributed by atoms with Gasteiger partial charge < -0.3 is 9.13 Å². The van der Waals surface area contributed by atoms with Crippen molar-refractivity contribution >= 4 is 133 Å². The average Bonchev–Trinajstić information content (AvgIpc) is 2.31. The molecule has 5 heteroatoms. The van der Waals surface area contributed by atoms with Gasteiger partial charge in [-0.25, -0.2) is 0 Å². The van der Waals surface area contributed by atoms with Crippen molar-refractivity contribution in [2.45, 2.75) is 26.2 Å². The number of fused-ring (bicyclic) bond motifs is 18. The van der Waals surface area contributed by atoms with Gasteiger partial charge in [-0.1, -0.05) is 250 Å². The zero-order chi connectivity index (χ0) is 55.5. The molecule has 2 nitrogen and oxygen atoms in total. The number of benzene rings is 11. The molecule has 0 saturated heterocycles.